The van der Waals surface area contributed by atoms with Crippen LogP contribution in [0.2, 0.25) is 0 Å². The predicted molar refractivity (Wildman–Crippen MR) is 141 cm³/mol. The minimum atomic E-state index is -0.868. The highest BCUT2D eigenvalue weighted by atomic mass is 16.5. The lowest BCUT2D eigenvalue weighted by Crippen LogP contribution is -2.43. The largest absolute Gasteiger partial charge is 0.496 e. The zero-order valence-electron chi connectivity index (χ0n) is 21.4. The van der Waals surface area contributed by atoms with Gasteiger partial charge in [0.25, 0.3) is 0 Å². The van der Waals surface area contributed by atoms with Gasteiger partial charge in [-0.05, 0) is 64.0 Å². The number of carboxylic acid groups (broad SMARTS) is 1. The van der Waals surface area contributed by atoms with Crippen LogP contribution in [0.25, 0.3) is 16.5 Å². The van der Waals surface area contributed by atoms with Crippen molar-refractivity contribution in [3.63, 3.8) is 0 Å². The summed E-state index contributed by atoms with van der Waals surface area (Å²) in [6.45, 7) is 3.37. The molecule has 1 N–H and O–H groups in total. The fourth-order valence-electron chi connectivity index (χ4n) is 6.07. The molecule has 1 fully saturated rings. The second kappa shape index (κ2) is 10.2. The molecule has 2 heterocycles. The van der Waals surface area contributed by atoms with Crippen molar-refractivity contribution in [2.24, 2.45) is 0 Å². The van der Waals surface area contributed by atoms with E-state index in [4.69, 9.17) is 4.74 Å². The van der Waals surface area contributed by atoms with Crippen molar-refractivity contribution < 1.29 is 14.6 Å². The van der Waals surface area contributed by atoms with Crippen molar-refractivity contribution >= 4 is 22.4 Å². The average Bonchev–Trinajstić information content (AvgIpc) is 3.16. The molecule has 0 amide bonds. The third-order valence-corrected chi connectivity index (χ3v) is 8.11. The molecule has 1 saturated carbocycles. The van der Waals surface area contributed by atoms with Crippen molar-refractivity contribution in [2.75, 3.05) is 40.8 Å². The van der Waals surface area contributed by atoms with Crippen LogP contribution >= 0.6 is 0 Å². The second-order valence-electron chi connectivity index (χ2n) is 10.8. The molecule has 1 aromatic heterocycles. The monoisotopic (exact) mass is 477 g/mol. The minimum absolute atomic E-state index is 0.206. The first-order valence-corrected chi connectivity index (χ1v) is 13.2. The first-order valence-electron chi connectivity index (χ1n) is 13.2. The maximum atomic E-state index is 11.9. The van der Waals surface area contributed by atoms with Crippen LogP contribution in [0, 0.1) is 0 Å². The predicted octanol–water partition coefficient (Wildman–Crippen LogP) is 5.34. The van der Waals surface area contributed by atoms with Crippen molar-refractivity contribution in [1.82, 2.24) is 14.4 Å². The summed E-state index contributed by atoms with van der Waals surface area (Å²) in [6, 6.07) is 5.96. The summed E-state index contributed by atoms with van der Waals surface area (Å²) in [5.41, 5.74) is 5.30. The molecule has 1 unspecified atom stereocenters. The maximum absolute atomic E-state index is 11.9. The SMILES string of the molecule is CN(C)CCN(C)C1COC2=C(C=CCC2)c2c(C3CCCCC3)c3ccc(C(=O)O)cc3n2C1. The third kappa shape index (κ3) is 4.78. The Morgan fingerprint density at radius 3 is 2.69 bits per heavy atom. The average molecular weight is 478 g/mol. The Labute approximate surface area is 208 Å². The summed E-state index contributed by atoms with van der Waals surface area (Å²) < 4.78 is 8.99. The third-order valence-electron chi connectivity index (χ3n) is 8.11. The number of ether oxygens (including phenoxy) is 1. The molecule has 6 heteroatoms. The molecule has 6 nitrogen and oxygen atoms in total. The van der Waals surface area contributed by atoms with E-state index < -0.39 is 5.97 Å². The van der Waals surface area contributed by atoms with Crippen LogP contribution < -0.4 is 0 Å². The van der Waals surface area contributed by atoms with Crippen LogP contribution in [0.5, 0.6) is 0 Å². The number of hydrogen-bond acceptors (Lipinski definition) is 4. The number of hydrogen-bond donors (Lipinski definition) is 1. The lowest BCUT2D eigenvalue weighted by molar-refractivity contribution is 0.0697. The van der Waals surface area contributed by atoms with Crippen LogP contribution in [0.3, 0.4) is 0 Å². The zero-order chi connectivity index (χ0) is 24.5. The molecular formula is C29H39N3O3. The molecule has 1 aromatic carbocycles. The van der Waals surface area contributed by atoms with E-state index in [0.29, 0.717) is 18.1 Å². The van der Waals surface area contributed by atoms with Gasteiger partial charge in [0, 0.05) is 42.5 Å². The topological polar surface area (TPSA) is 57.9 Å². The summed E-state index contributed by atoms with van der Waals surface area (Å²) >= 11 is 0. The van der Waals surface area contributed by atoms with Gasteiger partial charge in [-0.15, -0.1) is 0 Å². The lowest BCUT2D eigenvalue weighted by Gasteiger charge is -2.34. The molecule has 3 aliphatic rings. The lowest BCUT2D eigenvalue weighted by atomic mass is 9.81. The Bertz CT molecular complexity index is 1150. The first kappa shape index (κ1) is 24.1. The molecular weight excluding hydrogens is 438 g/mol. The number of aromatic nitrogens is 1. The number of benzene rings is 1. The quantitative estimate of drug-likeness (QED) is 0.609. The Morgan fingerprint density at radius 2 is 1.94 bits per heavy atom. The van der Waals surface area contributed by atoms with E-state index in [2.05, 4.69) is 53.7 Å². The summed E-state index contributed by atoms with van der Waals surface area (Å²) in [4.78, 5) is 16.5. The summed E-state index contributed by atoms with van der Waals surface area (Å²) in [5, 5.41) is 11.0. The van der Waals surface area contributed by atoms with Crippen LogP contribution in [0.4, 0.5) is 0 Å². The van der Waals surface area contributed by atoms with Gasteiger partial charge in [0.05, 0.1) is 17.3 Å². The summed E-state index contributed by atoms with van der Waals surface area (Å²) in [7, 11) is 6.40. The Morgan fingerprint density at radius 1 is 1.14 bits per heavy atom. The van der Waals surface area contributed by atoms with Gasteiger partial charge in [0.2, 0.25) is 0 Å². The number of aromatic carboxylic acids is 1. The number of fused-ring (bicyclic) bond motifs is 4. The van der Waals surface area contributed by atoms with Crippen LogP contribution in [-0.2, 0) is 11.3 Å². The van der Waals surface area contributed by atoms with Gasteiger partial charge in [-0.25, -0.2) is 4.79 Å². The molecule has 2 aliphatic carbocycles. The van der Waals surface area contributed by atoms with E-state index in [-0.39, 0.29) is 6.04 Å². The van der Waals surface area contributed by atoms with Gasteiger partial charge in [0.15, 0.2) is 0 Å². The van der Waals surface area contributed by atoms with Gasteiger partial charge >= 0.3 is 5.97 Å². The highest BCUT2D eigenvalue weighted by molar-refractivity contribution is 5.98. The molecule has 2 aromatic rings. The van der Waals surface area contributed by atoms with E-state index in [1.807, 2.05) is 6.07 Å². The molecule has 35 heavy (non-hydrogen) atoms. The zero-order valence-corrected chi connectivity index (χ0v) is 21.4. The van der Waals surface area contributed by atoms with Crippen LogP contribution in [-0.4, -0.2) is 72.3 Å². The Balaban J connectivity index is 1.71. The number of carboxylic acids is 1. The van der Waals surface area contributed by atoms with E-state index in [9.17, 15) is 9.90 Å². The van der Waals surface area contributed by atoms with Crippen molar-refractivity contribution in [1.29, 1.82) is 0 Å². The number of rotatable bonds is 6. The normalized spacial score (nSPS) is 21.1. The van der Waals surface area contributed by atoms with Gasteiger partial charge in [-0.2, -0.15) is 0 Å². The number of nitrogens with zero attached hydrogens (tertiary/aromatic N) is 3. The fourth-order valence-corrected chi connectivity index (χ4v) is 6.07. The van der Waals surface area contributed by atoms with Crippen molar-refractivity contribution in [2.45, 2.75) is 63.5 Å². The minimum Gasteiger partial charge on any atom is -0.496 e. The molecule has 0 saturated heterocycles. The highest BCUT2D eigenvalue weighted by Gasteiger charge is 2.32. The standard InChI is InChI=1S/C29H39N3O3/c1-30(2)15-16-31(3)22-18-32-25-17-21(29(33)34)13-14-23(25)27(20-9-5-4-6-10-20)28(32)24-11-7-8-12-26(24)35-19-22/h7,11,13-14,17,20,22H,4-6,8-10,12,15-16,18-19H2,1-3H3,(H,33,34). The molecule has 0 radical (unpaired) electrons. The molecule has 5 rings (SSSR count). The smallest absolute Gasteiger partial charge is 0.335 e. The van der Waals surface area contributed by atoms with Gasteiger partial charge in [0.1, 0.15) is 12.4 Å². The van der Waals surface area contributed by atoms with Crippen molar-refractivity contribution in [3.05, 3.63) is 52.9 Å². The van der Waals surface area contributed by atoms with Crippen LogP contribution in [0.1, 0.15) is 72.5 Å². The van der Waals surface area contributed by atoms with E-state index in [1.165, 1.54) is 54.3 Å². The van der Waals surface area contributed by atoms with E-state index >= 15 is 0 Å². The fraction of sp³-hybridized carbons (Fsp3) is 0.552. The summed E-state index contributed by atoms with van der Waals surface area (Å²) in [6.07, 6.45) is 12.7. The van der Waals surface area contributed by atoms with Crippen molar-refractivity contribution in [3.8, 4) is 0 Å². The van der Waals surface area contributed by atoms with E-state index in [0.717, 1.165) is 43.8 Å². The maximum Gasteiger partial charge on any atom is 0.335 e. The first-order chi connectivity index (χ1) is 16.9. The second-order valence-corrected chi connectivity index (χ2v) is 10.8. The van der Waals surface area contributed by atoms with Gasteiger partial charge in [-0.3, -0.25) is 4.90 Å². The molecule has 0 bridgehead atoms. The molecule has 1 atom stereocenters. The van der Waals surface area contributed by atoms with E-state index in [1.54, 1.807) is 6.07 Å². The molecule has 1 aliphatic heterocycles. The Kier molecular flexibility index (Phi) is 7.03. The molecule has 188 valence electrons. The Hall–Kier alpha value is -2.57. The molecule has 0 spiro atoms. The number of allylic oxidation sites excluding steroid dienone is 4. The highest BCUT2D eigenvalue weighted by Crippen LogP contribution is 2.45. The summed E-state index contributed by atoms with van der Waals surface area (Å²) in [5.74, 6) is 0.734. The van der Waals surface area contributed by atoms with Gasteiger partial charge < -0.3 is 19.3 Å². The number of carbonyl (C=O) groups is 1. The number of likely N-dealkylation sites (N-methyl/N-ethyl adjacent to an activating group) is 2. The van der Waals surface area contributed by atoms with Gasteiger partial charge in [-0.1, -0.05) is 37.5 Å². The van der Waals surface area contributed by atoms with Crippen LogP contribution in [0.15, 0.2) is 36.1 Å².